The highest BCUT2D eigenvalue weighted by Gasteiger charge is 2.16. The van der Waals surface area contributed by atoms with Crippen molar-refractivity contribution >= 4 is 46.6 Å². The zero-order valence-corrected chi connectivity index (χ0v) is 11.9. The van der Waals surface area contributed by atoms with Gasteiger partial charge in [-0.2, -0.15) is 11.8 Å². The number of halogens is 2. The zero-order chi connectivity index (χ0) is 12.3. The van der Waals surface area contributed by atoms with Crippen LogP contribution in [0.4, 0.5) is 11.6 Å². The van der Waals surface area contributed by atoms with Gasteiger partial charge >= 0.3 is 0 Å². The van der Waals surface area contributed by atoms with E-state index in [1.807, 2.05) is 11.8 Å². The lowest BCUT2D eigenvalue weighted by Gasteiger charge is -2.13. The number of aromatic nitrogens is 1. The fourth-order valence-electron chi connectivity index (χ4n) is 1.78. The predicted molar refractivity (Wildman–Crippen MR) is 77.8 cm³/mol. The lowest BCUT2D eigenvalue weighted by molar-refractivity contribution is 0.803. The molecule has 0 saturated carbocycles. The van der Waals surface area contributed by atoms with Crippen LogP contribution < -0.4 is 10.6 Å². The van der Waals surface area contributed by atoms with E-state index in [-0.39, 0.29) is 0 Å². The number of nitrogens with one attached hydrogen (secondary N) is 2. The van der Waals surface area contributed by atoms with Gasteiger partial charge in [0.2, 0.25) is 0 Å². The topological polar surface area (TPSA) is 37.0 Å². The van der Waals surface area contributed by atoms with Crippen molar-refractivity contribution in [2.75, 3.05) is 30.0 Å². The average molecular weight is 292 g/mol. The van der Waals surface area contributed by atoms with Crippen molar-refractivity contribution in [3.63, 3.8) is 0 Å². The number of hydrogen-bond donors (Lipinski definition) is 2. The maximum Gasteiger partial charge on any atom is 0.147 e. The molecule has 0 aliphatic carbocycles. The van der Waals surface area contributed by atoms with E-state index < -0.39 is 0 Å². The van der Waals surface area contributed by atoms with E-state index in [2.05, 4.69) is 15.6 Å². The van der Waals surface area contributed by atoms with Gasteiger partial charge < -0.3 is 10.6 Å². The van der Waals surface area contributed by atoms with Crippen LogP contribution in [0.5, 0.6) is 0 Å². The van der Waals surface area contributed by atoms with Crippen LogP contribution in [0.2, 0.25) is 10.0 Å². The minimum Gasteiger partial charge on any atom is -0.372 e. The lowest BCUT2D eigenvalue weighted by atomic mass is 10.2. The summed E-state index contributed by atoms with van der Waals surface area (Å²) in [4.78, 5) is 4.36. The molecule has 2 heterocycles. The Labute approximate surface area is 116 Å². The maximum absolute atomic E-state index is 6.10. The third-order valence-corrected chi connectivity index (χ3v) is 4.66. The first-order chi connectivity index (χ1) is 8.20. The first kappa shape index (κ1) is 13.1. The van der Waals surface area contributed by atoms with Crippen molar-refractivity contribution in [3.8, 4) is 0 Å². The molecule has 6 heteroatoms. The maximum atomic E-state index is 6.10. The van der Waals surface area contributed by atoms with Crippen LogP contribution in [0.15, 0.2) is 6.07 Å². The van der Waals surface area contributed by atoms with Gasteiger partial charge in [0.25, 0.3) is 0 Å². The molecule has 1 aliphatic heterocycles. The monoisotopic (exact) mass is 291 g/mol. The normalized spacial score (nSPS) is 19.4. The summed E-state index contributed by atoms with van der Waals surface area (Å²) >= 11 is 14.1. The Morgan fingerprint density at radius 2 is 2.18 bits per heavy atom. The van der Waals surface area contributed by atoms with E-state index in [4.69, 9.17) is 23.2 Å². The second-order valence-electron chi connectivity index (χ2n) is 3.92. The van der Waals surface area contributed by atoms with Crippen LogP contribution in [0.25, 0.3) is 0 Å². The SMILES string of the molecule is CNc1nc(NCC2CCCS2)c(Cl)cc1Cl. The molecule has 0 aromatic carbocycles. The van der Waals surface area contributed by atoms with Gasteiger partial charge in [-0.25, -0.2) is 4.98 Å². The first-order valence-electron chi connectivity index (χ1n) is 5.60. The van der Waals surface area contributed by atoms with Crippen molar-refractivity contribution < 1.29 is 0 Å². The molecule has 1 fully saturated rings. The van der Waals surface area contributed by atoms with Gasteiger partial charge in [-0.3, -0.25) is 0 Å². The van der Waals surface area contributed by atoms with Crippen LogP contribution in [0, 0.1) is 0 Å². The molecule has 0 radical (unpaired) electrons. The summed E-state index contributed by atoms with van der Waals surface area (Å²) in [5.74, 6) is 2.61. The molecule has 2 rings (SSSR count). The lowest BCUT2D eigenvalue weighted by Crippen LogP contribution is -2.15. The summed E-state index contributed by atoms with van der Waals surface area (Å²) in [7, 11) is 1.79. The Bertz CT molecular complexity index is 395. The van der Waals surface area contributed by atoms with Gasteiger partial charge in [-0.15, -0.1) is 0 Å². The number of rotatable bonds is 4. The second-order valence-corrected chi connectivity index (χ2v) is 6.14. The number of thioether (sulfide) groups is 1. The van der Waals surface area contributed by atoms with E-state index in [1.165, 1.54) is 18.6 Å². The molecular formula is C11H15Cl2N3S. The van der Waals surface area contributed by atoms with Gasteiger partial charge in [0.05, 0.1) is 10.0 Å². The van der Waals surface area contributed by atoms with Crippen LogP contribution in [0.3, 0.4) is 0 Å². The van der Waals surface area contributed by atoms with E-state index in [1.54, 1.807) is 13.1 Å². The quantitative estimate of drug-likeness (QED) is 0.886. The van der Waals surface area contributed by atoms with Gasteiger partial charge in [-0.05, 0) is 24.7 Å². The molecule has 0 spiro atoms. The van der Waals surface area contributed by atoms with E-state index in [0.717, 1.165) is 6.54 Å². The van der Waals surface area contributed by atoms with E-state index in [9.17, 15) is 0 Å². The highest BCUT2D eigenvalue weighted by Crippen LogP contribution is 2.30. The molecule has 1 atom stereocenters. The average Bonchev–Trinajstić information content (AvgIpc) is 2.81. The van der Waals surface area contributed by atoms with Gasteiger partial charge in [0.1, 0.15) is 11.6 Å². The Kier molecular flexibility index (Phi) is 4.65. The summed E-state index contributed by atoms with van der Waals surface area (Å²) in [5, 5.41) is 8.01. The summed E-state index contributed by atoms with van der Waals surface area (Å²) in [6.07, 6.45) is 2.57. The molecule has 17 heavy (non-hydrogen) atoms. The molecule has 2 N–H and O–H groups in total. The highest BCUT2D eigenvalue weighted by atomic mass is 35.5. The van der Waals surface area contributed by atoms with E-state index >= 15 is 0 Å². The van der Waals surface area contributed by atoms with Crippen molar-refractivity contribution in [3.05, 3.63) is 16.1 Å². The molecule has 1 unspecified atom stereocenters. The molecule has 1 aliphatic rings. The third-order valence-electron chi connectivity index (χ3n) is 2.69. The molecular weight excluding hydrogens is 277 g/mol. The van der Waals surface area contributed by atoms with Crippen molar-refractivity contribution in [2.24, 2.45) is 0 Å². The molecule has 94 valence electrons. The van der Waals surface area contributed by atoms with Crippen molar-refractivity contribution in [1.82, 2.24) is 4.98 Å². The minimum absolute atomic E-state index is 0.540. The summed E-state index contributed by atoms with van der Waals surface area (Å²) in [5.41, 5.74) is 0. The van der Waals surface area contributed by atoms with Crippen LogP contribution in [-0.4, -0.2) is 29.6 Å². The molecule has 0 bridgehead atoms. The van der Waals surface area contributed by atoms with Gasteiger partial charge in [-0.1, -0.05) is 23.2 Å². The number of nitrogens with zero attached hydrogens (tertiary/aromatic N) is 1. The molecule has 1 saturated heterocycles. The summed E-state index contributed by atoms with van der Waals surface area (Å²) in [6.45, 7) is 0.905. The summed E-state index contributed by atoms with van der Waals surface area (Å²) < 4.78 is 0. The smallest absolute Gasteiger partial charge is 0.147 e. The minimum atomic E-state index is 0.540. The number of hydrogen-bond acceptors (Lipinski definition) is 4. The van der Waals surface area contributed by atoms with Gasteiger partial charge in [0.15, 0.2) is 0 Å². The molecule has 3 nitrogen and oxygen atoms in total. The third kappa shape index (κ3) is 3.33. The Morgan fingerprint density at radius 1 is 1.41 bits per heavy atom. The highest BCUT2D eigenvalue weighted by molar-refractivity contribution is 8.00. The van der Waals surface area contributed by atoms with Crippen molar-refractivity contribution in [2.45, 2.75) is 18.1 Å². The number of pyridine rings is 1. The Balaban J connectivity index is 2.03. The fraction of sp³-hybridized carbons (Fsp3) is 0.545. The Hall–Kier alpha value is -0.320. The Morgan fingerprint density at radius 3 is 2.82 bits per heavy atom. The van der Waals surface area contributed by atoms with Crippen molar-refractivity contribution in [1.29, 1.82) is 0 Å². The standard InChI is InChI=1S/C11H15Cl2N3S/c1-14-10-8(12)5-9(13)11(16-10)15-6-7-3-2-4-17-7/h5,7H,2-4,6H2,1H3,(H2,14,15,16). The largest absolute Gasteiger partial charge is 0.372 e. The molecule has 1 aromatic rings. The zero-order valence-electron chi connectivity index (χ0n) is 9.59. The van der Waals surface area contributed by atoms with Gasteiger partial charge in [0, 0.05) is 18.8 Å². The van der Waals surface area contributed by atoms with Crippen LogP contribution in [-0.2, 0) is 0 Å². The fourth-order valence-corrected chi connectivity index (χ4v) is 3.50. The number of anilines is 2. The first-order valence-corrected chi connectivity index (χ1v) is 7.40. The molecule has 0 amide bonds. The van der Waals surface area contributed by atoms with E-state index in [0.29, 0.717) is 26.9 Å². The summed E-state index contributed by atoms with van der Waals surface area (Å²) in [6, 6.07) is 1.71. The van der Waals surface area contributed by atoms with Crippen LogP contribution in [0.1, 0.15) is 12.8 Å². The van der Waals surface area contributed by atoms with Crippen LogP contribution >= 0.6 is 35.0 Å². The second kappa shape index (κ2) is 6.03. The predicted octanol–water partition coefficient (Wildman–Crippen LogP) is 3.74. The molecule has 1 aromatic heterocycles.